The lowest BCUT2D eigenvalue weighted by Crippen LogP contribution is -2.44. The first-order valence-electron chi connectivity index (χ1n) is 5.88. The summed E-state index contributed by atoms with van der Waals surface area (Å²) in [5.41, 5.74) is 0.539. The first-order chi connectivity index (χ1) is 7.27. The van der Waals surface area contributed by atoms with E-state index in [4.69, 9.17) is 4.74 Å². The highest BCUT2D eigenvalue weighted by atomic mass is 16.5. The molecule has 2 heterocycles. The number of carbonyl (C=O) groups is 1. The second kappa shape index (κ2) is 3.37. The van der Waals surface area contributed by atoms with Gasteiger partial charge in [-0.1, -0.05) is 0 Å². The molecule has 2 saturated heterocycles. The van der Waals surface area contributed by atoms with Gasteiger partial charge in [-0.15, -0.1) is 0 Å². The van der Waals surface area contributed by atoms with E-state index in [1.807, 2.05) is 4.90 Å². The Labute approximate surface area is 90.0 Å². The van der Waals surface area contributed by atoms with Crippen molar-refractivity contribution in [2.24, 2.45) is 11.3 Å². The topological polar surface area (TPSA) is 41.6 Å². The monoisotopic (exact) mass is 210 g/mol. The van der Waals surface area contributed by atoms with Crippen molar-refractivity contribution in [1.82, 2.24) is 10.2 Å². The van der Waals surface area contributed by atoms with Gasteiger partial charge in [-0.25, -0.2) is 4.79 Å². The molecule has 4 nitrogen and oxygen atoms in total. The molecule has 0 radical (unpaired) electrons. The van der Waals surface area contributed by atoms with E-state index in [1.165, 1.54) is 19.3 Å². The Kier molecular flexibility index (Phi) is 2.12. The zero-order chi connectivity index (χ0) is 10.3. The van der Waals surface area contributed by atoms with Gasteiger partial charge in [0.2, 0.25) is 0 Å². The van der Waals surface area contributed by atoms with E-state index in [9.17, 15) is 4.79 Å². The van der Waals surface area contributed by atoms with Crippen LogP contribution >= 0.6 is 0 Å². The zero-order valence-electron chi connectivity index (χ0n) is 9.00. The molecule has 3 aliphatic rings. The third kappa shape index (κ3) is 1.83. The summed E-state index contributed by atoms with van der Waals surface area (Å²) in [6.45, 7) is 4.34. The van der Waals surface area contributed by atoms with E-state index in [-0.39, 0.29) is 6.03 Å². The summed E-state index contributed by atoms with van der Waals surface area (Å²) in [6.07, 6.45) is 3.87. The summed E-state index contributed by atoms with van der Waals surface area (Å²) < 4.78 is 5.07. The van der Waals surface area contributed by atoms with Crippen LogP contribution in [0.5, 0.6) is 0 Å². The summed E-state index contributed by atoms with van der Waals surface area (Å²) >= 11 is 0. The highest BCUT2D eigenvalue weighted by Crippen LogP contribution is 2.52. The molecular weight excluding hydrogens is 192 g/mol. The number of urea groups is 1. The minimum absolute atomic E-state index is 0.130. The maximum atomic E-state index is 11.8. The lowest BCUT2D eigenvalue weighted by Gasteiger charge is -2.27. The van der Waals surface area contributed by atoms with Crippen LogP contribution in [0.15, 0.2) is 0 Å². The fraction of sp³-hybridized carbons (Fsp3) is 0.909. The number of nitrogens with one attached hydrogen (secondary N) is 1. The van der Waals surface area contributed by atoms with Crippen LogP contribution in [0.1, 0.15) is 19.3 Å². The zero-order valence-corrected chi connectivity index (χ0v) is 9.00. The second-order valence-electron chi connectivity index (χ2n) is 5.26. The van der Waals surface area contributed by atoms with Crippen molar-refractivity contribution >= 4 is 6.03 Å². The minimum atomic E-state index is 0.130. The molecule has 0 unspecified atom stereocenters. The van der Waals surface area contributed by atoms with E-state index in [1.54, 1.807) is 0 Å². The van der Waals surface area contributed by atoms with Gasteiger partial charge >= 0.3 is 6.03 Å². The number of likely N-dealkylation sites (tertiary alicyclic amines) is 1. The van der Waals surface area contributed by atoms with Gasteiger partial charge in [0.15, 0.2) is 0 Å². The van der Waals surface area contributed by atoms with Gasteiger partial charge in [0.05, 0.1) is 13.2 Å². The normalized spacial score (nSPS) is 27.9. The number of hydrogen-bond donors (Lipinski definition) is 1. The molecule has 0 atom stereocenters. The molecule has 15 heavy (non-hydrogen) atoms. The van der Waals surface area contributed by atoms with Crippen LogP contribution in [0.25, 0.3) is 0 Å². The Hall–Kier alpha value is -0.770. The van der Waals surface area contributed by atoms with Crippen molar-refractivity contribution in [3.05, 3.63) is 0 Å². The van der Waals surface area contributed by atoms with Crippen molar-refractivity contribution in [3.8, 4) is 0 Å². The molecular formula is C11H18N2O2. The molecule has 0 bridgehead atoms. The van der Waals surface area contributed by atoms with Crippen LogP contribution < -0.4 is 5.32 Å². The molecule has 2 aliphatic heterocycles. The van der Waals surface area contributed by atoms with E-state index in [2.05, 4.69) is 5.32 Å². The smallest absolute Gasteiger partial charge is 0.317 e. The third-order valence-corrected chi connectivity index (χ3v) is 3.93. The standard InChI is InChI=1S/C11H18N2O2/c14-10(12-5-9-6-15-7-9)13-4-3-11(8-13)1-2-11/h9H,1-8H2,(H,12,14). The van der Waals surface area contributed by atoms with E-state index < -0.39 is 0 Å². The molecule has 1 spiro atoms. The van der Waals surface area contributed by atoms with E-state index in [0.717, 1.165) is 32.8 Å². The number of amides is 2. The fourth-order valence-electron chi connectivity index (χ4n) is 2.44. The maximum absolute atomic E-state index is 11.8. The van der Waals surface area contributed by atoms with Gasteiger partial charge in [0.25, 0.3) is 0 Å². The average molecular weight is 210 g/mol. The maximum Gasteiger partial charge on any atom is 0.317 e. The van der Waals surface area contributed by atoms with Crippen molar-refractivity contribution < 1.29 is 9.53 Å². The number of hydrogen-bond acceptors (Lipinski definition) is 2. The number of nitrogens with zero attached hydrogens (tertiary/aromatic N) is 1. The van der Waals surface area contributed by atoms with Gasteiger partial charge in [-0.05, 0) is 24.7 Å². The second-order valence-corrected chi connectivity index (χ2v) is 5.26. The van der Waals surface area contributed by atoms with Crippen LogP contribution in [0.2, 0.25) is 0 Å². The van der Waals surface area contributed by atoms with Crippen LogP contribution in [0.3, 0.4) is 0 Å². The highest BCUT2D eigenvalue weighted by Gasteiger charge is 2.48. The van der Waals surface area contributed by atoms with E-state index in [0.29, 0.717) is 11.3 Å². The lowest BCUT2D eigenvalue weighted by atomic mass is 10.1. The van der Waals surface area contributed by atoms with Gasteiger partial charge in [0.1, 0.15) is 0 Å². The predicted molar refractivity (Wildman–Crippen MR) is 55.6 cm³/mol. The third-order valence-electron chi connectivity index (χ3n) is 3.93. The highest BCUT2D eigenvalue weighted by molar-refractivity contribution is 5.74. The Morgan fingerprint density at radius 3 is 2.73 bits per heavy atom. The molecule has 0 aromatic heterocycles. The largest absolute Gasteiger partial charge is 0.381 e. The fourth-order valence-corrected chi connectivity index (χ4v) is 2.44. The van der Waals surface area contributed by atoms with Crippen molar-refractivity contribution in [3.63, 3.8) is 0 Å². The molecule has 1 N–H and O–H groups in total. The Morgan fingerprint density at radius 2 is 2.20 bits per heavy atom. The van der Waals surface area contributed by atoms with Gasteiger partial charge < -0.3 is 15.0 Å². The number of carbonyl (C=O) groups excluding carboxylic acids is 1. The molecule has 0 aromatic carbocycles. The van der Waals surface area contributed by atoms with Crippen LogP contribution in [0, 0.1) is 11.3 Å². The Bertz CT molecular complexity index is 272. The van der Waals surface area contributed by atoms with E-state index >= 15 is 0 Å². The van der Waals surface area contributed by atoms with Crippen molar-refractivity contribution in [2.45, 2.75) is 19.3 Å². The van der Waals surface area contributed by atoms with Gasteiger partial charge in [0, 0.05) is 25.6 Å². The summed E-state index contributed by atoms with van der Waals surface area (Å²) in [4.78, 5) is 13.8. The summed E-state index contributed by atoms with van der Waals surface area (Å²) in [5, 5.41) is 3.00. The van der Waals surface area contributed by atoms with Crippen molar-refractivity contribution in [2.75, 3.05) is 32.8 Å². The van der Waals surface area contributed by atoms with Crippen LogP contribution in [-0.2, 0) is 4.74 Å². The summed E-state index contributed by atoms with van der Waals surface area (Å²) in [7, 11) is 0. The molecule has 1 saturated carbocycles. The molecule has 84 valence electrons. The van der Waals surface area contributed by atoms with Crippen LogP contribution in [0.4, 0.5) is 4.79 Å². The summed E-state index contributed by atoms with van der Waals surface area (Å²) in [6, 6.07) is 0.130. The molecule has 3 rings (SSSR count). The average Bonchev–Trinajstić information content (AvgIpc) is 2.73. The Balaban J connectivity index is 1.43. The number of rotatable bonds is 2. The van der Waals surface area contributed by atoms with Gasteiger partial charge in [-0.3, -0.25) is 0 Å². The molecule has 1 aliphatic carbocycles. The summed E-state index contributed by atoms with van der Waals surface area (Å²) in [5.74, 6) is 0.548. The molecule has 2 amide bonds. The number of ether oxygens (including phenoxy) is 1. The van der Waals surface area contributed by atoms with Gasteiger partial charge in [-0.2, -0.15) is 0 Å². The molecule has 4 heteroatoms. The first-order valence-corrected chi connectivity index (χ1v) is 5.88. The molecule has 0 aromatic rings. The predicted octanol–water partition coefficient (Wildman–Crippen LogP) is 0.828. The van der Waals surface area contributed by atoms with Crippen LogP contribution in [-0.4, -0.2) is 43.8 Å². The Morgan fingerprint density at radius 1 is 1.40 bits per heavy atom. The van der Waals surface area contributed by atoms with Crippen molar-refractivity contribution in [1.29, 1.82) is 0 Å². The molecule has 3 fully saturated rings. The SMILES string of the molecule is O=C(NCC1COC1)N1CCC2(CC2)C1. The quantitative estimate of drug-likeness (QED) is 0.733. The first kappa shape index (κ1) is 9.46. The lowest BCUT2D eigenvalue weighted by molar-refractivity contribution is -0.0297. The minimum Gasteiger partial charge on any atom is -0.381 e.